The highest BCUT2D eigenvalue weighted by Crippen LogP contribution is 2.10. The fraction of sp³-hybridized carbons (Fsp3) is 0.278. The average Bonchev–Trinajstić information content (AvgIpc) is 2.70. The molecule has 0 saturated carbocycles. The number of nitrogens with zero attached hydrogens (tertiary/aromatic N) is 4. The third-order valence-electron chi connectivity index (χ3n) is 3.86. The Morgan fingerprint density at radius 3 is 2.15 bits per heavy atom. The van der Waals surface area contributed by atoms with Gasteiger partial charge < -0.3 is 15.1 Å². The van der Waals surface area contributed by atoms with Crippen LogP contribution >= 0.6 is 0 Å². The van der Waals surface area contributed by atoms with Gasteiger partial charge in [0.2, 0.25) is 0 Å². The first kappa shape index (κ1) is 20.0. The standard InChI is InChI=1S/C16H18N4O.C2H2O4/c21-16(14-4-3-6-17-12-14)20-10-8-19(9-11-20)13-15-5-1-2-7-18-15;3-1(4)2(5)6/h1-7,12H,8-11,13H2;(H,3,4)(H,5,6). The van der Waals surface area contributed by atoms with Crippen molar-refractivity contribution in [1.82, 2.24) is 19.8 Å². The fourth-order valence-corrected chi connectivity index (χ4v) is 2.50. The van der Waals surface area contributed by atoms with Crippen molar-refractivity contribution in [3.8, 4) is 0 Å². The SMILES string of the molecule is O=C(O)C(=O)O.O=C(c1cccnc1)N1CCN(Cc2ccccn2)CC1. The predicted octanol–water partition coefficient (Wildman–Crippen LogP) is 0.590. The molecule has 0 bridgehead atoms. The average molecular weight is 372 g/mol. The van der Waals surface area contributed by atoms with E-state index < -0.39 is 11.9 Å². The summed E-state index contributed by atoms with van der Waals surface area (Å²) in [5.74, 6) is -3.58. The second-order valence-corrected chi connectivity index (χ2v) is 5.74. The number of hydrogen-bond acceptors (Lipinski definition) is 6. The monoisotopic (exact) mass is 372 g/mol. The van der Waals surface area contributed by atoms with Crippen LogP contribution in [0.25, 0.3) is 0 Å². The van der Waals surface area contributed by atoms with Crippen molar-refractivity contribution >= 4 is 17.8 Å². The third-order valence-corrected chi connectivity index (χ3v) is 3.86. The van der Waals surface area contributed by atoms with Gasteiger partial charge in [0.15, 0.2) is 0 Å². The summed E-state index contributed by atoms with van der Waals surface area (Å²) in [6.45, 7) is 4.10. The molecule has 3 heterocycles. The van der Waals surface area contributed by atoms with Crippen LogP contribution in [0, 0.1) is 0 Å². The molecule has 9 heteroatoms. The molecule has 1 amide bonds. The number of pyridine rings is 2. The Bertz CT molecular complexity index is 750. The molecule has 1 fully saturated rings. The molecule has 2 aromatic heterocycles. The Balaban J connectivity index is 0.000000380. The highest BCUT2D eigenvalue weighted by atomic mass is 16.4. The van der Waals surface area contributed by atoms with Crippen LogP contribution in [-0.4, -0.2) is 74.0 Å². The molecule has 0 atom stereocenters. The van der Waals surface area contributed by atoms with Crippen molar-refractivity contribution in [3.05, 3.63) is 60.2 Å². The molecule has 0 aromatic carbocycles. The van der Waals surface area contributed by atoms with Crippen LogP contribution in [0.5, 0.6) is 0 Å². The number of hydrogen-bond donors (Lipinski definition) is 2. The van der Waals surface area contributed by atoms with Crippen LogP contribution < -0.4 is 0 Å². The van der Waals surface area contributed by atoms with E-state index in [1.807, 2.05) is 35.4 Å². The molecule has 0 radical (unpaired) electrons. The van der Waals surface area contributed by atoms with E-state index in [0.717, 1.165) is 38.4 Å². The van der Waals surface area contributed by atoms with Gasteiger partial charge in [-0.1, -0.05) is 6.07 Å². The van der Waals surface area contributed by atoms with Gasteiger partial charge in [0.05, 0.1) is 11.3 Å². The summed E-state index contributed by atoms with van der Waals surface area (Å²) in [5, 5.41) is 14.8. The van der Waals surface area contributed by atoms with Gasteiger partial charge in [0.1, 0.15) is 0 Å². The first-order chi connectivity index (χ1) is 13.0. The van der Waals surface area contributed by atoms with Crippen molar-refractivity contribution < 1.29 is 24.6 Å². The maximum Gasteiger partial charge on any atom is 0.414 e. The lowest BCUT2D eigenvalue weighted by Crippen LogP contribution is -2.48. The lowest BCUT2D eigenvalue weighted by Gasteiger charge is -2.34. The summed E-state index contributed by atoms with van der Waals surface area (Å²) < 4.78 is 0. The Morgan fingerprint density at radius 1 is 0.926 bits per heavy atom. The van der Waals surface area contributed by atoms with Crippen LogP contribution in [0.15, 0.2) is 48.9 Å². The second-order valence-electron chi connectivity index (χ2n) is 5.74. The van der Waals surface area contributed by atoms with Gasteiger partial charge in [0, 0.05) is 51.3 Å². The molecule has 1 aliphatic heterocycles. The normalized spacial score (nSPS) is 14.0. The molecule has 1 saturated heterocycles. The van der Waals surface area contributed by atoms with Crippen molar-refractivity contribution in [2.24, 2.45) is 0 Å². The van der Waals surface area contributed by atoms with Gasteiger partial charge in [0.25, 0.3) is 5.91 Å². The van der Waals surface area contributed by atoms with Crippen LogP contribution in [0.4, 0.5) is 0 Å². The van der Waals surface area contributed by atoms with E-state index in [1.165, 1.54) is 0 Å². The van der Waals surface area contributed by atoms with E-state index in [1.54, 1.807) is 18.5 Å². The van der Waals surface area contributed by atoms with E-state index in [-0.39, 0.29) is 5.91 Å². The Hall–Kier alpha value is -3.33. The summed E-state index contributed by atoms with van der Waals surface area (Å²) >= 11 is 0. The lowest BCUT2D eigenvalue weighted by atomic mass is 10.2. The van der Waals surface area contributed by atoms with E-state index in [9.17, 15) is 4.79 Å². The van der Waals surface area contributed by atoms with Crippen molar-refractivity contribution in [1.29, 1.82) is 0 Å². The van der Waals surface area contributed by atoms with E-state index in [0.29, 0.717) is 5.56 Å². The molecule has 2 aromatic rings. The van der Waals surface area contributed by atoms with E-state index >= 15 is 0 Å². The minimum atomic E-state index is -1.82. The summed E-state index contributed by atoms with van der Waals surface area (Å²) in [6.07, 6.45) is 5.13. The molecule has 2 N–H and O–H groups in total. The molecular weight excluding hydrogens is 352 g/mol. The third kappa shape index (κ3) is 6.48. The lowest BCUT2D eigenvalue weighted by molar-refractivity contribution is -0.159. The number of aromatic nitrogens is 2. The van der Waals surface area contributed by atoms with Gasteiger partial charge in [-0.15, -0.1) is 0 Å². The summed E-state index contributed by atoms with van der Waals surface area (Å²) in [7, 11) is 0. The molecule has 9 nitrogen and oxygen atoms in total. The quantitative estimate of drug-likeness (QED) is 0.750. The van der Waals surface area contributed by atoms with Crippen molar-refractivity contribution in [3.63, 3.8) is 0 Å². The Kier molecular flexibility index (Phi) is 7.38. The van der Waals surface area contributed by atoms with Crippen LogP contribution in [-0.2, 0) is 16.1 Å². The zero-order valence-corrected chi connectivity index (χ0v) is 14.6. The van der Waals surface area contributed by atoms with Gasteiger partial charge in [-0.05, 0) is 24.3 Å². The summed E-state index contributed by atoms with van der Waals surface area (Å²) in [4.78, 5) is 43.1. The summed E-state index contributed by atoms with van der Waals surface area (Å²) in [6, 6.07) is 9.58. The second kappa shape index (κ2) is 9.97. The maximum atomic E-state index is 12.3. The number of carbonyl (C=O) groups excluding carboxylic acids is 1. The zero-order chi connectivity index (χ0) is 19.6. The molecule has 0 aliphatic carbocycles. The minimum Gasteiger partial charge on any atom is -0.473 e. The van der Waals surface area contributed by atoms with Gasteiger partial charge in [-0.3, -0.25) is 19.7 Å². The first-order valence-corrected chi connectivity index (χ1v) is 8.25. The molecule has 0 spiro atoms. The molecule has 3 rings (SSSR count). The maximum absolute atomic E-state index is 12.3. The Morgan fingerprint density at radius 2 is 1.63 bits per heavy atom. The largest absolute Gasteiger partial charge is 0.473 e. The van der Waals surface area contributed by atoms with Crippen molar-refractivity contribution in [2.45, 2.75) is 6.54 Å². The molecule has 1 aliphatic rings. The first-order valence-electron chi connectivity index (χ1n) is 8.25. The highest BCUT2D eigenvalue weighted by Gasteiger charge is 2.22. The number of carboxylic acid groups (broad SMARTS) is 2. The smallest absolute Gasteiger partial charge is 0.414 e. The topological polar surface area (TPSA) is 124 Å². The number of aliphatic carboxylic acids is 2. The van der Waals surface area contributed by atoms with Gasteiger partial charge >= 0.3 is 11.9 Å². The van der Waals surface area contributed by atoms with Crippen LogP contribution in [0.1, 0.15) is 16.1 Å². The van der Waals surface area contributed by atoms with Gasteiger partial charge in [-0.2, -0.15) is 0 Å². The molecule has 142 valence electrons. The highest BCUT2D eigenvalue weighted by molar-refractivity contribution is 6.27. The number of carboxylic acids is 2. The molecular formula is C18H20N4O5. The number of carbonyl (C=O) groups is 3. The molecule has 27 heavy (non-hydrogen) atoms. The minimum absolute atomic E-state index is 0.0700. The van der Waals surface area contributed by atoms with Gasteiger partial charge in [-0.25, -0.2) is 9.59 Å². The number of piperazine rings is 1. The van der Waals surface area contributed by atoms with E-state index in [4.69, 9.17) is 19.8 Å². The van der Waals surface area contributed by atoms with Crippen LogP contribution in [0.3, 0.4) is 0 Å². The Labute approximate surface area is 155 Å². The fourth-order valence-electron chi connectivity index (χ4n) is 2.50. The van der Waals surface area contributed by atoms with Crippen LogP contribution in [0.2, 0.25) is 0 Å². The van der Waals surface area contributed by atoms with Crippen molar-refractivity contribution in [2.75, 3.05) is 26.2 Å². The number of amides is 1. The number of rotatable bonds is 3. The zero-order valence-electron chi connectivity index (χ0n) is 14.6. The van der Waals surface area contributed by atoms with E-state index in [2.05, 4.69) is 14.9 Å². The predicted molar refractivity (Wildman–Crippen MR) is 94.9 cm³/mol. The summed E-state index contributed by atoms with van der Waals surface area (Å²) in [5.41, 5.74) is 1.74. The molecule has 0 unspecified atom stereocenters.